The van der Waals surface area contributed by atoms with Gasteiger partial charge in [0.15, 0.2) is 0 Å². The zero-order chi connectivity index (χ0) is 22.7. The number of halogens is 1. The number of anilines is 1. The van der Waals surface area contributed by atoms with E-state index in [-0.39, 0.29) is 24.3 Å². The summed E-state index contributed by atoms with van der Waals surface area (Å²) >= 11 is 6.27. The molecule has 11 nitrogen and oxygen atoms in total. The van der Waals surface area contributed by atoms with Gasteiger partial charge in [-0.2, -0.15) is 5.10 Å². The lowest BCUT2D eigenvalue weighted by Crippen LogP contribution is -2.30. The van der Waals surface area contributed by atoms with Gasteiger partial charge in [0.05, 0.1) is 49.4 Å². The van der Waals surface area contributed by atoms with Crippen LogP contribution in [0.25, 0.3) is 11.3 Å². The highest BCUT2D eigenvalue weighted by Gasteiger charge is 2.28. The molecule has 0 saturated carbocycles. The number of aryl methyl sites for hydroxylation is 1. The molecule has 3 aromatic heterocycles. The second-order valence-corrected chi connectivity index (χ2v) is 7.68. The number of ether oxygens (including phenoxy) is 2. The fraction of sp³-hybridized carbons (Fsp3) is 0.450. The van der Waals surface area contributed by atoms with Crippen LogP contribution in [0.15, 0.2) is 27.9 Å². The van der Waals surface area contributed by atoms with E-state index < -0.39 is 5.56 Å². The number of nitrogens with zero attached hydrogens (tertiary/aromatic N) is 6. The molecule has 32 heavy (non-hydrogen) atoms. The lowest BCUT2D eigenvalue weighted by Gasteiger charge is -2.20. The van der Waals surface area contributed by atoms with E-state index in [1.165, 1.54) is 12.5 Å². The summed E-state index contributed by atoms with van der Waals surface area (Å²) in [6, 6.07) is 1.74. The van der Waals surface area contributed by atoms with E-state index in [1.54, 1.807) is 13.2 Å². The number of hydrogen-bond acceptors (Lipinski definition) is 10. The maximum absolute atomic E-state index is 12.3. The summed E-state index contributed by atoms with van der Waals surface area (Å²) in [7, 11) is 1.59. The lowest BCUT2D eigenvalue weighted by atomic mass is 10.1. The first-order chi connectivity index (χ1) is 15.5. The highest BCUT2D eigenvalue weighted by Crippen LogP contribution is 2.30. The fourth-order valence-corrected chi connectivity index (χ4v) is 3.93. The van der Waals surface area contributed by atoms with Gasteiger partial charge in [-0.25, -0.2) is 14.6 Å². The van der Waals surface area contributed by atoms with Crippen molar-refractivity contribution in [2.24, 2.45) is 0 Å². The Bertz CT molecular complexity index is 1150. The Labute approximate surface area is 188 Å². The van der Waals surface area contributed by atoms with Crippen molar-refractivity contribution < 1.29 is 19.1 Å². The molecule has 1 aliphatic rings. The predicted molar refractivity (Wildman–Crippen MR) is 115 cm³/mol. The number of aromatic nitrogens is 5. The van der Waals surface area contributed by atoms with Crippen molar-refractivity contribution in [1.29, 1.82) is 0 Å². The smallest absolute Gasteiger partial charge is 0.287 e. The summed E-state index contributed by atoms with van der Waals surface area (Å²) in [4.78, 5) is 22.8. The van der Waals surface area contributed by atoms with Crippen LogP contribution in [0, 0.1) is 6.92 Å². The van der Waals surface area contributed by atoms with Crippen molar-refractivity contribution in [2.75, 3.05) is 31.7 Å². The van der Waals surface area contributed by atoms with Crippen molar-refractivity contribution in [2.45, 2.75) is 32.6 Å². The van der Waals surface area contributed by atoms with Crippen LogP contribution in [0.4, 0.5) is 5.69 Å². The molecule has 4 heterocycles. The van der Waals surface area contributed by atoms with Gasteiger partial charge < -0.3 is 24.0 Å². The molecular formula is C20H23ClN6O5. The van der Waals surface area contributed by atoms with E-state index in [2.05, 4.69) is 20.2 Å². The minimum Gasteiger partial charge on any atom is -0.472 e. The number of aliphatic hydroxyl groups is 1. The highest BCUT2D eigenvalue weighted by atomic mass is 35.5. The number of aliphatic hydroxyl groups excluding tert-OH is 1. The maximum atomic E-state index is 12.3. The summed E-state index contributed by atoms with van der Waals surface area (Å²) < 4.78 is 17.7. The zero-order valence-corrected chi connectivity index (χ0v) is 18.4. The molecule has 1 saturated heterocycles. The Balaban J connectivity index is 1.48. The normalized spacial score (nSPS) is 16.0. The van der Waals surface area contributed by atoms with E-state index >= 15 is 0 Å². The topological polar surface area (TPSA) is 129 Å². The summed E-state index contributed by atoms with van der Waals surface area (Å²) in [6.45, 7) is 3.19. The van der Waals surface area contributed by atoms with Gasteiger partial charge in [-0.3, -0.25) is 4.79 Å². The van der Waals surface area contributed by atoms with Crippen LogP contribution in [-0.4, -0.2) is 62.9 Å². The third-order valence-corrected chi connectivity index (χ3v) is 5.52. The van der Waals surface area contributed by atoms with Crippen molar-refractivity contribution in [1.82, 2.24) is 24.9 Å². The molecule has 170 valence electrons. The van der Waals surface area contributed by atoms with Crippen LogP contribution >= 0.6 is 11.6 Å². The average molecular weight is 463 g/mol. The lowest BCUT2D eigenvalue weighted by molar-refractivity contribution is 0.177. The van der Waals surface area contributed by atoms with Crippen LogP contribution in [0.2, 0.25) is 5.02 Å². The summed E-state index contributed by atoms with van der Waals surface area (Å²) in [5.41, 5.74) is 2.16. The summed E-state index contributed by atoms with van der Waals surface area (Å²) in [5.74, 6) is 1.06. The second kappa shape index (κ2) is 9.63. The highest BCUT2D eigenvalue weighted by molar-refractivity contribution is 6.33. The first-order valence-corrected chi connectivity index (χ1v) is 10.4. The minimum atomic E-state index is -0.431. The Kier molecular flexibility index (Phi) is 6.68. The summed E-state index contributed by atoms with van der Waals surface area (Å²) in [6.07, 6.45) is 3.53. The molecule has 1 fully saturated rings. The van der Waals surface area contributed by atoms with Gasteiger partial charge in [0.25, 0.3) is 5.56 Å². The maximum Gasteiger partial charge on any atom is 0.287 e. The van der Waals surface area contributed by atoms with E-state index in [1.807, 2.05) is 11.8 Å². The summed E-state index contributed by atoms with van der Waals surface area (Å²) in [5, 5.41) is 17.2. The van der Waals surface area contributed by atoms with Gasteiger partial charge in [0.1, 0.15) is 28.9 Å². The number of methoxy groups -OCH3 is 1. The molecule has 0 aromatic carbocycles. The fourth-order valence-electron chi connectivity index (χ4n) is 3.67. The average Bonchev–Trinajstić information content (AvgIpc) is 3.39. The van der Waals surface area contributed by atoms with E-state index in [9.17, 15) is 4.79 Å². The number of hydrogen-bond donors (Lipinski definition) is 1. The first kappa shape index (κ1) is 22.2. The molecule has 0 bridgehead atoms. The molecule has 1 N–H and O–H groups in total. The molecule has 0 aliphatic carbocycles. The Morgan fingerprint density at radius 2 is 2.22 bits per heavy atom. The van der Waals surface area contributed by atoms with Crippen LogP contribution in [-0.2, 0) is 17.9 Å². The number of rotatable bonds is 8. The van der Waals surface area contributed by atoms with Crippen molar-refractivity contribution in [3.05, 3.63) is 45.4 Å². The molecule has 4 rings (SSSR count). The molecule has 1 atom stereocenters. The van der Waals surface area contributed by atoms with Crippen LogP contribution in [0.1, 0.15) is 17.9 Å². The van der Waals surface area contributed by atoms with Gasteiger partial charge in [-0.15, -0.1) is 0 Å². The molecule has 1 aliphatic heterocycles. The standard InChI is InChI=1S/C20H23ClN6O5/c1-12-18(15(10-30-2)25-32-12)14-7-17(23-11-22-14)31-13-3-4-26(9-13)16-8-24-27(5-6-28)20(29)19(16)21/h7-8,11,13,28H,3-6,9-10H2,1-2H3. The second-order valence-electron chi connectivity index (χ2n) is 7.31. The molecule has 1 unspecified atom stereocenters. The predicted octanol–water partition coefficient (Wildman–Crippen LogP) is 1.45. The minimum absolute atomic E-state index is 0.0760. The third-order valence-electron chi connectivity index (χ3n) is 5.16. The monoisotopic (exact) mass is 462 g/mol. The molecule has 0 amide bonds. The van der Waals surface area contributed by atoms with Crippen molar-refractivity contribution >= 4 is 17.3 Å². The van der Waals surface area contributed by atoms with Gasteiger partial charge in [0, 0.05) is 26.1 Å². The molecule has 0 spiro atoms. The Morgan fingerprint density at radius 3 is 3.00 bits per heavy atom. The zero-order valence-electron chi connectivity index (χ0n) is 17.7. The van der Waals surface area contributed by atoms with Crippen LogP contribution in [0.3, 0.4) is 0 Å². The van der Waals surface area contributed by atoms with E-state index in [0.717, 1.165) is 16.7 Å². The van der Waals surface area contributed by atoms with Crippen molar-refractivity contribution in [3.63, 3.8) is 0 Å². The van der Waals surface area contributed by atoms with Gasteiger partial charge in [-0.1, -0.05) is 16.8 Å². The molecule has 0 radical (unpaired) electrons. The SMILES string of the molecule is COCc1noc(C)c1-c1cc(OC2CCN(c3cnn(CCO)c(=O)c3Cl)C2)ncn1. The quantitative estimate of drug-likeness (QED) is 0.525. The Morgan fingerprint density at radius 1 is 1.38 bits per heavy atom. The van der Waals surface area contributed by atoms with Crippen molar-refractivity contribution in [3.8, 4) is 17.1 Å². The third kappa shape index (κ3) is 4.45. The molecular weight excluding hydrogens is 440 g/mol. The van der Waals surface area contributed by atoms with Gasteiger partial charge in [-0.05, 0) is 6.92 Å². The largest absolute Gasteiger partial charge is 0.472 e. The molecule has 12 heteroatoms. The first-order valence-electron chi connectivity index (χ1n) is 10.1. The van der Waals surface area contributed by atoms with Crippen LogP contribution in [0.5, 0.6) is 5.88 Å². The Hall–Kier alpha value is -3.02. The van der Waals surface area contributed by atoms with E-state index in [4.69, 9.17) is 30.7 Å². The van der Waals surface area contributed by atoms with Gasteiger partial charge in [0.2, 0.25) is 5.88 Å². The van der Waals surface area contributed by atoms with Crippen LogP contribution < -0.4 is 15.2 Å². The van der Waals surface area contributed by atoms with E-state index in [0.29, 0.717) is 48.4 Å². The van der Waals surface area contributed by atoms with Gasteiger partial charge >= 0.3 is 0 Å². The molecule has 3 aromatic rings.